The lowest BCUT2D eigenvalue weighted by Gasteiger charge is -2.12. The summed E-state index contributed by atoms with van der Waals surface area (Å²) in [6, 6.07) is 2.60. The number of rotatable bonds is 5. The molecule has 0 bridgehead atoms. The molecule has 1 N–H and O–H groups in total. The van der Waals surface area contributed by atoms with E-state index in [-0.39, 0.29) is 12.6 Å². The summed E-state index contributed by atoms with van der Waals surface area (Å²) in [6.07, 6.45) is -1.37. The van der Waals surface area contributed by atoms with Gasteiger partial charge < -0.3 is 10.1 Å². The van der Waals surface area contributed by atoms with Gasteiger partial charge in [-0.05, 0) is 49.6 Å². The summed E-state index contributed by atoms with van der Waals surface area (Å²) in [5, 5.41) is 3.02. The maximum absolute atomic E-state index is 13.2. The molecule has 20 heavy (non-hydrogen) atoms. The molecule has 0 aliphatic carbocycles. The molecule has 0 spiro atoms. The highest BCUT2D eigenvalue weighted by Crippen LogP contribution is 2.30. The van der Waals surface area contributed by atoms with Gasteiger partial charge in [0, 0.05) is 13.2 Å². The van der Waals surface area contributed by atoms with Crippen molar-refractivity contribution < 1.29 is 22.3 Å². The summed E-state index contributed by atoms with van der Waals surface area (Å²) in [5.74, 6) is -0.865. The smallest absolute Gasteiger partial charge is 0.378 e. The summed E-state index contributed by atoms with van der Waals surface area (Å²) in [6.45, 7) is 1.64. The first kappa shape index (κ1) is 15.3. The molecule has 1 aromatic carbocycles. The Kier molecular flexibility index (Phi) is 4.99. The van der Waals surface area contributed by atoms with Crippen LogP contribution in [0.2, 0.25) is 0 Å². The van der Waals surface area contributed by atoms with Gasteiger partial charge >= 0.3 is 6.18 Å². The van der Waals surface area contributed by atoms with Gasteiger partial charge in [0.25, 0.3) is 0 Å². The quantitative estimate of drug-likeness (QED) is 0.662. The van der Waals surface area contributed by atoms with Crippen LogP contribution >= 0.6 is 0 Å². The summed E-state index contributed by atoms with van der Waals surface area (Å²) >= 11 is 0. The van der Waals surface area contributed by atoms with Gasteiger partial charge in [-0.15, -0.1) is 0 Å². The van der Waals surface area contributed by atoms with Crippen LogP contribution in [0.1, 0.15) is 30.4 Å². The lowest BCUT2D eigenvalue weighted by atomic mass is 10.1. The van der Waals surface area contributed by atoms with E-state index in [0.29, 0.717) is 18.2 Å². The molecule has 1 saturated heterocycles. The third-order valence-electron chi connectivity index (χ3n) is 3.28. The zero-order valence-electron chi connectivity index (χ0n) is 11.0. The van der Waals surface area contributed by atoms with E-state index in [2.05, 4.69) is 5.32 Å². The molecule has 6 heteroatoms. The van der Waals surface area contributed by atoms with E-state index < -0.39 is 17.6 Å². The zero-order valence-corrected chi connectivity index (χ0v) is 11.0. The highest BCUT2D eigenvalue weighted by atomic mass is 19.4. The fourth-order valence-electron chi connectivity index (χ4n) is 2.28. The van der Waals surface area contributed by atoms with Crippen molar-refractivity contribution in [1.29, 1.82) is 0 Å². The molecule has 1 fully saturated rings. The minimum absolute atomic E-state index is 0.216. The molecule has 0 saturated carbocycles. The monoisotopic (exact) mass is 291 g/mol. The first-order valence-electron chi connectivity index (χ1n) is 6.64. The minimum Gasteiger partial charge on any atom is -0.378 e. The van der Waals surface area contributed by atoms with E-state index in [1.807, 2.05) is 0 Å². The predicted octanol–water partition coefficient (Wildman–Crippen LogP) is 3.50. The van der Waals surface area contributed by atoms with E-state index in [1.54, 1.807) is 0 Å². The van der Waals surface area contributed by atoms with E-state index in [1.165, 1.54) is 0 Å². The Labute approximate surface area is 115 Å². The van der Waals surface area contributed by atoms with Gasteiger partial charge in [-0.2, -0.15) is 13.2 Å². The Balaban J connectivity index is 1.84. The number of hydrogen-bond acceptors (Lipinski definition) is 2. The normalized spacial score (nSPS) is 19.5. The molecule has 1 aliphatic rings. The summed E-state index contributed by atoms with van der Waals surface area (Å²) < 4.78 is 56.2. The van der Waals surface area contributed by atoms with Crippen LogP contribution in [0.15, 0.2) is 18.2 Å². The highest BCUT2D eigenvalue weighted by molar-refractivity contribution is 5.26. The minimum atomic E-state index is -4.52. The molecule has 0 aromatic heterocycles. The molecule has 112 valence electrons. The Morgan fingerprint density at radius 3 is 2.70 bits per heavy atom. The standard InChI is InChI=1S/C14H17F4NO/c15-12-7-10(6-11(8-12)14(16,17)18)9-19-4-3-13-2-1-5-20-13/h6-8,13,19H,1-5,9H2. The molecule has 0 radical (unpaired) electrons. The van der Waals surface area contributed by atoms with Crippen LogP contribution in [0.5, 0.6) is 0 Å². The maximum Gasteiger partial charge on any atom is 0.416 e. The maximum atomic E-state index is 13.2. The van der Waals surface area contributed by atoms with Crippen LogP contribution in [-0.2, 0) is 17.5 Å². The number of halogens is 4. The third-order valence-corrected chi connectivity index (χ3v) is 3.28. The van der Waals surface area contributed by atoms with Crippen molar-refractivity contribution in [3.63, 3.8) is 0 Å². The second-order valence-electron chi connectivity index (χ2n) is 4.95. The molecule has 1 aliphatic heterocycles. The molecule has 1 aromatic rings. The summed E-state index contributed by atoms with van der Waals surface area (Å²) in [4.78, 5) is 0. The zero-order chi connectivity index (χ0) is 14.6. The number of alkyl halides is 3. The van der Waals surface area contributed by atoms with Crippen molar-refractivity contribution in [2.75, 3.05) is 13.2 Å². The largest absolute Gasteiger partial charge is 0.416 e. The molecular formula is C14H17F4NO. The topological polar surface area (TPSA) is 21.3 Å². The number of benzene rings is 1. The van der Waals surface area contributed by atoms with Crippen molar-refractivity contribution in [3.05, 3.63) is 35.1 Å². The van der Waals surface area contributed by atoms with Gasteiger partial charge in [0.05, 0.1) is 11.7 Å². The van der Waals surface area contributed by atoms with Crippen molar-refractivity contribution in [2.24, 2.45) is 0 Å². The van der Waals surface area contributed by atoms with E-state index in [9.17, 15) is 17.6 Å². The Morgan fingerprint density at radius 2 is 2.05 bits per heavy atom. The SMILES string of the molecule is Fc1cc(CNCCC2CCCO2)cc(C(F)(F)F)c1. The van der Waals surface area contributed by atoms with Gasteiger partial charge in [0.1, 0.15) is 5.82 Å². The molecule has 2 rings (SSSR count). The van der Waals surface area contributed by atoms with Gasteiger partial charge in [-0.1, -0.05) is 0 Å². The molecular weight excluding hydrogens is 274 g/mol. The summed E-state index contributed by atoms with van der Waals surface area (Å²) in [5.41, 5.74) is -0.655. The summed E-state index contributed by atoms with van der Waals surface area (Å²) in [7, 11) is 0. The number of ether oxygens (including phenoxy) is 1. The number of hydrogen-bond donors (Lipinski definition) is 1. The fourth-order valence-corrected chi connectivity index (χ4v) is 2.28. The van der Waals surface area contributed by atoms with Crippen LogP contribution in [0.25, 0.3) is 0 Å². The van der Waals surface area contributed by atoms with Crippen molar-refractivity contribution in [3.8, 4) is 0 Å². The van der Waals surface area contributed by atoms with Crippen LogP contribution in [-0.4, -0.2) is 19.3 Å². The second-order valence-corrected chi connectivity index (χ2v) is 4.95. The molecule has 2 nitrogen and oxygen atoms in total. The van der Waals surface area contributed by atoms with Crippen LogP contribution < -0.4 is 5.32 Å². The Bertz CT molecular complexity index is 441. The first-order chi connectivity index (χ1) is 9.45. The predicted molar refractivity (Wildman–Crippen MR) is 66.7 cm³/mol. The van der Waals surface area contributed by atoms with Crippen molar-refractivity contribution >= 4 is 0 Å². The molecule has 1 heterocycles. The van der Waals surface area contributed by atoms with Crippen molar-refractivity contribution in [1.82, 2.24) is 5.32 Å². The van der Waals surface area contributed by atoms with E-state index >= 15 is 0 Å². The Morgan fingerprint density at radius 1 is 1.25 bits per heavy atom. The van der Waals surface area contributed by atoms with Crippen LogP contribution in [0.3, 0.4) is 0 Å². The van der Waals surface area contributed by atoms with Gasteiger partial charge in [0.2, 0.25) is 0 Å². The molecule has 0 amide bonds. The highest BCUT2D eigenvalue weighted by Gasteiger charge is 2.31. The fraction of sp³-hybridized carbons (Fsp3) is 0.571. The lowest BCUT2D eigenvalue weighted by Crippen LogP contribution is -2.20. The Hall–Kier alpha value is -1.14. The first-order valence-corrected chi connectivity index (χ1v) is 6.64. The van der Waals surface area contributed by atoms with Crippen LogP contribution in [0.4, 0.5) is 17.6 Å². The lowest BCUT2D eigenvalue weighted by molar-refractivity contribution is -0.137. The average molecular weight is 291 g/mol. The molecule has 1 atom stereocenters. The van der Waals surface area contributed by atoms with Gasteiger partial charge in [-0.3, -0.25) is 0 Å². The third kappa shape index (κ3) is 4.45. The van der Waals surface area contributed by atoms with Gasteiger partial charge in [-0.25, -0.2) is 4.39 Å². The van der Waals surface area contributed by atoms with Crippen LogP contribution in [0, 0.1) is 5.82 Å². The van der Waals surface area contributed by atoms with Crippen molar-refractivity contribution in [2.45, 2.75) is 38.1 Å². The van der Waals surface area contributed by atoms with E-state index in [4.69, 9.17) is 4.74 Å². The number of nitrogens with one attached hydrogen (secondary N) is 1. The van der Waals surface area contributed by atoms with Gasteiger partial charge in [0.15, 0.2) is 0 Å². The average Bonchev–Trinajstić information content (AvgIpc) is 2.86. The molecule has 1 unspecified atom stereocenters. The second kappa shape index (κ2) is 6.54. The van der Waals surface area contributed by atoms with E-state index in [0.717, 1.165) is 38.0 Å².